The molecule has 0 unspecified atom stereocenters. The summed E-state index contributed by atoms with van der Waals surface area (Å²) in [6, 6.07) is 6.63. The second kappa shape index (κ2) is 5.22. The molecule has 19 heavy (non-hydrogen) atoms. The number of aliphatic hydroxyl groups excluding tert-OH is 1. The minimum absolute atomic E-state index is 0.0976. The first kappa shape index (κ1) is 13.3. The number of carbonyl (C=O) groups is 2. The van der Waals surface area contributed by atoms with Crippen LogP contribution in [-0.2, 0) is 4.79 Å². The number of fused-ring (bicyclic) bond motifs is 1. The topological polar surface area (TPSA) is 54.4 Å². The molecule has 0 fully saturated rings. The molecule has 1 aromatic carbocycles. The van der Waals surface area contributed by atoms with E-state index in [9.17, 15) is 14.7 Å². The third kappa shape index (κ3) is 2.24. The summed E-state index contributed by atoms with van der Waals surface area (Å²) in [6.45, 7) is 3.96. The number of hydrogen-bond donors (Lipinski definition) is 1. The molecule has 0 saturated carbocycles. The van der Waals surface area contributed by atoms with Crippen molar-refractivity contribution in [2.45, 2.75) is 26.7 Å². The Labute approximate surface area is 112 Å². The number of hydrogen-bond acceptors (Lipinski definition) is 3. The summed E-state index contributed by atoms with van der Waals surface area (Å²) in [5.41, 5.74) is 1.85. The molecular weight excluding hydrogens is 240 g/mol. The highest BCUT2D eigenvalue weighted by Gasteiger charge is 2.31. The zero-order valence-electron chi connectivity index (χ0n) is 11.1. The minimum atomic E-state index is -0.629. The molecule has 3 nitrogen and oxygen atoms in total. The molecule has 3 heteroatoms. The van der Waals surface area contributed by atoms with Crippen molar-refractivity contribution in [3.05, 3.63) is 52.6 Å². The average molecular weight is 256 g/mol. The lowest BCUT2D eigenvalue weighted by Gasteiger charge is -2.16. The number of aliphatic hydroxyl groups is 1. The maximum absolute atomic E-state index is 12.1. The second-order valence-corrected chi connectivity index (χ2v) is 4.48. The molecule has 0 saturated heterocycles. The number of ketones is 2. The van der Waals surface area contributed by atoms with Crippen LogP contribution in [0.1, 0.15) is 42.6 Å². The van der Waals surface area contributed by atoms with Gasteiger partial charge in [0.25, 0.3) is 0 Å². The summed E-state index contributed by atoms with van der Waals surface area (Å²) in [7, 11) is 0. The average Bonchev–Trinajstić information content (AvgIpc) is 2.45. The standard InChI is InChI=1S/C16H16O3/c1-3-10(4-2)9-13-14(17)11-7-5-6-8-12(11)15(18)16(13)19/h5-9,17H,3-4H2,1-2H3. The van der Waals surface area contributed by atoms with Crippen molar-refractivity contribution in [2.75, 3.05) is 0 Å². The van der Waals surface area contributed by atoms with Gasteiger partial charge in [-0.1, -0.05) is 43.7 Å². The molecule has 0 amide bonds. The first-order valence-electron chi connectivity index (χ1n) is 6.41. The number of allylic oxidation sites excluding steroid dienone is 3. The van der Waals surface area contributed by atoms with Gasteiger partial charge in [0.1, 0.15) is 5.76 Å². The summed E-state index contributed by atoms with van der Waals surface area (Å²) in [5.74, 6) is -1.28. The maximum Gasteiger partial charge on any atom is 0.237 e. The van der Waals surface area contributed by atoms with Crippen LogP contribution < -0.4 is 0 Å². The van der Waals surface area contributed by atoms with Crippen LogP contribution in [0.3, 0.4) is 0 Å². The van der Waals surface area contributed by atoms with Crippen LogP contribution in [0.2, 0.25) is 0 Å². The van der Waals surface area contributed by atoms with E-state index in [-0.39, 0.29) is 16.9 Å². The van der Waals surface area contributed by atoms with Gasteiger partial charge in [-0.2, -0.15) is 0 Å². The quantitative estimate of drug-likeness (QED) is 0.842. The van der Waals surface area contributed by atoms with Gasteiger partial charge < -0.3 is 5.11 Å². The van der Waals surface area contributed by atoms with Gasteiger partial charge in [0, 0.05) is 11.1 Å². The summed E-state index contributed by atoms with van der Waals surface area (Å²) in [5, 5.41) is 10.2. The third-order valence-electron chi connectivity index (χ3n) is 3.39. The van der Waals surface area contributed by atoms with Crippen molar-refractivity contribution >= 4 is 17.3 Å². The van der Waals surface area contributed by atoms with E-state index in [0.29, 0.717) is 5.56 Å². The molecule has 0 spiro atoms. The number of rotatable bonds is 3. The van der Waals surface area contributed by atoms with E-state index in [1.807, 2.05) is 13.8 Å². The van der Waals surface area contributed by atoms with Crippen molar-refractivity contribution in [2.24, 2.45) is 0 Å². The van der Waals surface area contributed by atoms with Crippen molar-refractivity contribution in [1.29, 1.82) is 0 Å². The first-order valence-corrected chi connectivity index (χ1v) is 6.41. The number of Topliss-reactive ketones (excluding diaryl/α,β-unsaturated/α-hetero) is 2. The fraction of sp³-hybridized carbons (Fsp3) is 0.250. The molecule has 1 aromatic rings. The van der Waals surface area contributed by atoms with E-state index in [2.05, 4.69) is 0 Å². The largest absolute Gasteiger partial charge is 0.507 e. The zero-order chi connectivity index (χ0) is 14.0. The minimum Gasteiger partial charge on any atom is -0.507 e. The fourth-order valence-corrected chi connectivity index (χ4v) is 2.18. The highest BCUT2D eigenvalue weighted by molar-refractivity contribution is 6.52. The predicted octanol–water partition coefficient (Wildman–Crippen LogP) is 3.47. The Balaban J connectivity index is 2.63. The Hall–Kier alpha value is -2.16. The van der Waals surface area contributed by atoms with Crippen LogP contribution in [0.5, 0.6) is 0 Å². The lowest BCUT2D eigenvalue weighted by atomic mass is 9.87. The Morgan fingerprint density at radius 1 is 1.05 bits per heavy atom. The molecule has 0 aliphatic heterocycles. The van der Waals surface area contributed by atoms with Crippen LogP contribution in [-0.4, -0.2) is 16.7 Å². The maximum atomic E-state index is 12.1. The summed E-state index contributed by atoms with van der Waals surface area (Å²) in [4.78, 5) is 24.1. The van der Waals surface area contributed by atoms with Gasteiger partial charge in [0.05, 0.1) is 5.57 Å². The van der Waals surface area contributed by atoms with Crippen LogP contribution in [0, 0.1) is 0 Å². The van der Waals surface area contributed by atoms with Gasteiger partial charge in [-0.25, -0.2) is 0 Å². The van der Waals surface area contributed by atoms with E-state index in [0.717, 1.165) is 18.4 Å². The summed E-state index contributed by atoms with van der Waals surface area (Å²) < 4.78 is 0. The smallest absolute Gasteiger partial charge is 0.237 e. The molecule has 0 bridgehead atoms. The molecule has 0 atom stereocenters. The van der Waals surface area contributed by atoms with Crippen LogP contribution in [0.15, 0.2) is 41.5 Å². The predicted molar refractivity (Wildman–Crippen MR) is 74.0 cm³/mol. The van der Waals surface area contributed by atoms with E-state index in [1.54, 1.807) is 30.3 Å². The highest BCUT2D eigenvalue weighted by Crippen LogP contribution is 2.29. The molecule has 1 aliphatic rings. The van der Waals surface area contributed by atoms with Gasteiger partial charge in [-0.15, -0.1) is 0 Å². The Morgan fingerprint density at radius 3 is 2.21 bits per heavy atom. The summed E-state index contributed by atoms with van der Waals surface area (Å²) >= 11 is 0. The molecule has 0 heterocycles. The number of carbonyl (C=O) groups excluding carboxylic acids is 2. The third-order valence-corrected chi connectivity index (χ3v) is 3.39. The van der Waals surface area contributed by atoms with E-state index in [1.165, 1.54) is 0 Å². The normalized spacial score (nSPS) is 14.4. The fourth-order valence-electron chi connectivity index (χ4n) is 2.18. The van der Waals surface area contributed by atoms with Crippen LogP contribution in [0.4, 0.5) is 0 Å². The molecule has 1 N–H and O–H groups in total. The van der Waals surface area contributed by atoms with E-state index < -0.39 is 11.6 Å². The molecule has 0 aromatic heterocycles. The molecular formula is C16H16O3. The lowest BCUT2D eigenvalue weighted by molar-refractivity contribution is -0.111. The van der Waals surface area contributed by atoms with E-state index in [4.69, 9.17) is 0 Å². The zero-order valence-corrected chi connectivity index (χ0v) is 11.1. The Kier molecular flexibility index (Phi) is 3.65. The lowest BCUT2D eigenvalue weighted by Crippen LogP contribution is -2.23. The Morgan fingerprint density at radius 2 is 1.63 bits per heavy atom. The van der Waals surface area contributed by atoms with Crippen molar-refractivity contribution in [3.63, 3.8) is 0 Å². The summed E-state index contributed by atoms with van der Waals surface area (Å²) in [6.07, 6.45) is 3.22. The Bertz CT molecular complexity index is 600. The van der Waals surface area contributed by atoms with Crippen molar-refractivity contribution in [1.82, 2.24) is 0 Å². The molecule has 1 aliphatic carbocycles. The van der Waals surface area contributed by atoms with Crippen LogP contribution >= 0.6 is 0 Å². The second-order valence-electron chi connectivity index (χ2n) is 4.48. The van der Waals surface area contributed by atoms with E-state index >= 15 is 0 Å². The number of benzene rings is 1. The monoisotopic (exact) mass is 256 g/mol. The highest BCUT2D eigenvalue weighted by atomic mass is 16.3. The van der Waals surface area contributed by atoms with Gasteiger partial charge in [0.2, 0.25) is 11.6 Å². The van der Waals surface area contributed by atoms with Crippen molar-refractivity contribution in [3.8, 4) is 0 Å². The van der Waals surface area contributed by atoms with Gasteiger partial charge >= 0.3 is 0 Å². The van der Waals surface area contributed by atoms with Crippen LogP contribution in [0.25, 0.3) is 5.76 Å². The van der Waals surface area contributed by atoms with Crippen molar-refractivity contribution < 1.29 is 14.7 Å². The van der Waals surface area contributed by atoms with Gasteiger partial charge in [-0.05, 0) is 18.9 Å². The molecule has 2 rings (SSSR count). The van der Waals surface area contributed by atoms with Gasteiger partial charge in [-0.3, -0.25) is 9.59 Å². The molecule has 0 radical (unpaired) electrons. The molecule has 98 valence electrons. The first-order chi connectivity index (χ1) is 9.10. The van der Waals surface area contributed by atoms with Gasteiger partial charge in [0.15, 0.2) is 0 Å². The SMILES string of the molecule is CCC(=CC1=C(O)c2ccccc2C(=O)C1=O)CC.